The quantitative estimate of drug-likeness (QED) is 0.712. The molecule has 1 fully saturated rings. The Labute approximate surface area is 164 Å². The minimum absolute atomic E-state index is 0.0271. The summed E-state index contributed by atoms with van der Waals surface area (Å²) >= 11 is 0. The molecule has 0 radical (unpaired) electrons. The molecular weight excluding hydrogens is 354 g/mol. The molecule has 1 aliphatic rings. The molecule has 3 aromatic rings. The van der Waals surface area contributed by atoms with Crippen molar-refractivity contribution in [3.8, 4) is 0 Å². The van der Waals surface area contributed by atoms with Crippen molar-refractivity contribution in [2.45, 2.75) is 25.9 Å². The molecule has 3 aromatic heterocycles. The summed E-state index contributed by atoms with van der Waals surface area (Å²) in [6.07, 6.45) is 6.51. The van der Waals surface area contributed by atoms with Gasteiger partial charge in [0.1, 0.15) is 5.65 Å². The number of imidazole rings is 1. The molecule has 7 heteroatoms. The molecule has 4 rings (SSSR count). The van der Waals surface area contributed by atoms with E-state index in [4.69, 9.17) is 4.74 Å². The Morgan fingerprint density at radius 3 is 2.75 bits per heavy atom. The maximum Gasteiger partial charge on any atom is 0.274 e. The molecule has 1 amide bonds. The number of aromatic nitrogens is 3. The number of morpholine rings is 1. The highest BCUT2D eigenvalue weighted by Gasteiger charge is 2.25. The van der Waals surface area contributed by atoms with Crippen LogP contribution < -0.4 is 5.32 Å². The number of nitrogens with zero attached hydrogens (tertiary/aromatic N) is 4. The number of ether oxygens (including phenoxy) is 1. The topological polar surface area (TPSA) is 71.8 Å². The van der Waals surface area contributed by atoms with Crippen molar-refractivity contribution in [2.75, 3.05) is 26.3 Å². The van der Waals surface area contributed by atoms with E-state index in [1.807, 2.05) is 45.8 Å². The van der Waals surface area contributed by atoms with E-state index in [0.717, 1.165) is 17.8 Å². The van der Waals surface area contributed by atoms with E-state index < -0.39 is 0 Å². The van der Waals surface area contributed by atoms with E-state index >= 15 is 0 Å². The van der Waals surface area contributed by atoms with Gasteiger partial charge in [0.25, 0.3) is 5.91 Å². The first-order valence-electron chi connectivity index (χ1n) is 9.74. The molecule has 1 N–H and O–H groups in total. The highest BCUT2D eigenvalue weighted by Crippen LogP contribution is 2.20. The largest absolute Gasteiger partial charge is 0.378 e. The summed E-state index contributed by atoms with van der Waals surface area (Å²) in [7, 11) is 0. The van der Waals surface area contributed by atoms with Gasteiger partial charge in [0.05, 0.1) is 18.9 Å². The Hall–Kier alpha value is -2.77. The average Bonchev–Trinajstić information content (AvgIpc) is 3.14. The van der Waals surface area contributed by atoms with Gasteiger partial charge in [-0.15, -0.1) is 0 Å². The summed E-state index contributed by atoms with van der Waals surface area (Å²) in [5.74, 6) is -0.0271. The number of rotatable bonds is 6. The molecule has 1 atom stereocenters. The summed E-state index contributed by atoms with van der Waals surface area (Å²) in [4.78, 5) is 23.7. The third-order valence-corrected chi connectivity index (χ3v) is 5.16. The molecule has 1 saturated heterocycles. The molecule has 0 saturated carbocycles. The smallest absolute Gasteiger partial charge is 0.274 e. The van der Waals surface area contributed by atoms with Crippen molar-refractivity contribution in [3.05, 3.63) is 65.9 Å². The van der Waals surface area contributed by atoms with Gasteiger partial charge in [0.15, 0.2) is 5.69 Å². The standard InChI is InChI=1S/C21H25N5O2/c1-2-17(16-6-8-22-9-7-16)23-15-18-20(21(27)25-11-13-28-14-12-25)24-19-5-3-4-10-26(18)19/h3-10,17,23H,2,11-15H2,1H3/t17-/m1/s1. The predicted octanol–water partition coefficient (Wildman–Crippen LogP) is 2.44. The summed E-state index contributed by atoms with van der Waals surface area (Å²) in [5, 5.41) is 3.59. The number of pyridine rings is 2. The summed E-state index contributed by atoms with van der Waals surface area (Å²) in [6.45, 7) is 5.06. The van der Waals surface area contributed by atoms with Crippen molar-refractivity contribution in [3.63, 3.8) is 0 Å². The predicted molar refractivity (Wildman–Crippen MR) is 106 cm³/mol. The zero-order valence-corrected chi connectivity index (χ0v) is 16.0. The Morgan fingerprint density at radius 1 is 1.21 bits per heavy atom. The van der Waals surface area contributed by atoms with Gasteiger partial charge < -0.3 is 19.4 Å². The van der Waals surface area contributed by atoms with Crippen LogP contribution in [0.25, 0.3) is 5.65 Å². The summed E-state index contributed by atoms with van der Waals surface area (Å²) in [6, 6.07) is 10.1. The Bertz CT molecular complexity index is 934. The van der Waals surface area contributed by atoms with E-state index in [1.165, 1.54) is 5.56 Å². The van der Waals surface area contributed by atoms with Gasteiger partial charge in [-0.05, 0) is 36.2 Å². The van der Waals surface area contributed by atoms with Gasteiger partial charge >= 0.3 is 0 Å². The second kappa shape index (κ2) is 8.50. The number of carbonyl (C=O) groups is 1. The molecule has 28 heavy (non-hydrogen) atoms. The van der Waals surface area contributed by atoms with E-state index in [2.05, 4.69) is 22.2 Å². The SMILES string of the molecule is CC[C@@H](NCc1c(C(=O)N2CCOCC2)nc2ccccn12)c1ccncc1. The molecule has 4 heterocycles. The number of nitrogens with one attached hydrogen (secondary N) is 1. The number of hydrogen-bond acceptors (Lipinski definition) is 5. The van der Waals surface area contributed by atoms with Crippen LogP contribution >= 0.6 is 0 Å². The van der Waals surface area contributed by atoms with Gasteiger partial charge in [-0.25, -0.2) is 4.98 Å². The first-order chi connectivity index (χ1) is 13.8. The zero-order valence-electron chi connectivity index (χ0n) is 16.0. The van der Waals surface area contributed by atoms with Crippen LogP contribution in [0.15, 0.2) is 48.9 Å². The van der Waals surface area contributed by atoms with E-state index in [9.17, 15) is 4.79 Å². The summed E-state index contributed by atoms with van der Waals surface area (Å²) in [5.41, 5.74) is 3.38. The number of fused-ring (bicyclic) bond motifs is 1. The lowest BCUT2D eigenvalue weighted by atomic mass is 10.1. The van der Waals surface area contributed by atoms with Crippen LogP contribution in [0.4, 0.5) is 0 Å². The van der Waals surface area contributed by atoms with E-state index in [-0.39, 0.29) is 11.9 Å². The van der Waals surface area contributed by atoms with Crippen LogP contribution in [0.2, 0.25) is 0 Å². The van der Waals surface area contributed by atoms with Crippen LogP contribution in [-0.4, -0.2) is 51.5 Å². The first kappa shape index (κ1) is 18.6. The fourth-order valence-corrected chi connectivity index (χ4v) is 3.62. The third-order valence-electron chi connectivity index (χ3n) is 5.16. The molecule has 146 valence electrons. The lowest BCUT2D eigenvalue weighted by molar-refractivity contribution is 0.0298. The van der Waals surface area contributed by atoms with Gasteiger partial charge in [-0.1, -0.05) is 13.0 Å². The highest BCUT2D eigenvalue weighted by molar-refractivity contribution is 5.94. The van der Waals surface area contributed by atoms with E-state index in [0.29, 0.717) is 38.5 Å². The average molecular weight is 379 g/mol. The van der Waals surface area contributed by atoms with E-state index in [1.54, 1.807) is 12.4 Å². The van der Waals surface area contributed by atoms with Gasteiger partial charge in [-0.3, -0.25) is 9.78 Å². The molecule has 0 aliphatic carbocycles. The Kier molecular flexibility index (Phi) is 5.64. The fraction of sp³-hybridized carbons (Fsp3) is 0.381. The van der Waals surface area contributed by atoms with Gasteiger partial charge in [0, 0.05) is 44.3 Å². The van der Waals surface area contributed by atoms with Crippen molar-refractivity contribution >= 4 is 11.6 Å². The summed E-state index contributed by atoms with van der Waals surface area (Å²) < 4.78 is 7.38. The van der Waals surface area contributed by atoms with Crippen LogP contribution in [0.5, 0.6) is 0 Å². The molecule has 0 aromatic carbocycles. The number of hydrogen-bond donors (Lipinski definition) is 1. The maximum atomic E-state index is 13.1. The monoisotopic (exact) mass is 379 g/mol. The minimum atomic E-state index is -0.0271. The van der Waals surface area contributed by atoms with Crippen LogP contribution in [0, 0.1) is 0 Å². The fourth-order valence-electron chi connectivity index (χ4n) is 3.62. The van der Waals surface area contributed by atoms with Crippen molar-refractivity contribution < 1.29 is 9.53 Å². The Morgan fingerprint density at radius 2 is 2.00 bits per heavy atom. The van der Waals surface area contributed by atoms with Crippen LogP contribution in [-0.2, 0) is 11.3 Å². The maximum absolute atomic E-state index is 13.1. The third kappa shape index (κ3) is 3.76. The normalized spacial score (nSPS) is 15.7. The molecule has 0 unspecified atom stereocenters. The lowest BCUT2D eigenvalue weighted by Gasteiger charge is -2.26. The molecule has 1 aliphatic heterocycles. The number of amides is 1. The van der Waals surface area contributed by atoms with Gasteiger partial charge in [0.2, 0.25) is 0 Å². The van der Waals surface area contributed by atoms with Crippen LogP contribution in [0.3, 0.4) is 0 Å². The van der Waals surface area contributed by atoms with Crippen molar-refractivity contribution in [2.24, 2.45) is 0 Å². The molecule has 7 nitrogen and oxygen atoms in total. The van der Waals surface area contributed by atoms with Gasteiger partial charge in [-0.2, -0.15) is 0 Å². The second-order valence-corrected chi connectivity index (χ2v) is 6.86. The van der Waals surface area contributed by atoms with Crippen molar-refractivity contribution in [1.29, 1.82) is 0 Å². The Balaban J connectivity index is 1.62. The minimum Gasteiger partial charge on any atom is -0.378 e. The number of carbonyl (C=O) groups excluding carboxylic acids is 1. The molecular formula is C21H25N5O2. The first-order valence-corrected chi connectivity index (χ1v) is 9.74. The molecule has 0 spiro atoms. The van der Waals surface area contributed by atoms with Crippen molar-refractivity contribution in [1.82, 2.24) is 24.6 Å². The van der Waals surface area contributed by atoms with Crippen LogP contribution in [0.1, 0.15) is 41.1 Å². The molecule has 0 bridgehead atoms. The zero-order chi connectivity index (χ0) is 19.3. The second-order valence-electron chi connectivity index (χ2n) is 6.86. The highest BCUT2D eigenvalue weighted by atomic mass is 16.5. The lowest BCUT2D eigenvalue weighted by Crippen LogP contribution is -2.41.